The highest BCUT2D eigenvalue weighted by atomic mass is 16.5. The molecule has 1 aliphatic rings. The lowest BCUT2D eigenvalue weighted by Crippen LogP contribution is -2.58. The predicted octanol–water partition coefficient (Wildman–Crippen LogP) is 1.17. The molecule has 1 aromatic carbocycles. The lowest BCUT2D eigenvalue weighted by Gasteiger charge is -2.40. The zero-order valence-corrected chi connectivity index (χ0v) is 17.5. The van der Waals surface area contributed by atoms with Gasteiger partial charge in [-0.25, -0.2) is 4.79 Å². The van der Waals surface area contributed by atoms with Crippen LogP contribution in [0.2, 0.25) is 0 Å². The first-order valence-corrected chi connectivity index (χ1v) is 9.78. The van der Waals surface area contributed by atoms with Gasteiger partial charge in [-0.2, -0.15) is 0 Å². The van der Waals surface area contributed by atoms with Crippen molar-refractivity contribution in [3.05, 3.63) is 35.9 Å². The topological polar surface area (TPSA) is 105 Å². The number of hydrogen-bond acceptors (Lipinski definition) is 5. The molecular formula is C21H29N3O5. The predicted molar refractivity (Wildman–Crippen MR) is 106 cm³/mol. The molecule has 0 saturated carbocycles. The molecule has 1 aromatic rings. The van der Waals surface area contributed by atoms with Crippen molar-refractivity contribution in [3.63, 3.8) is 0 Å². The molecule has 158 valence electrons. The molecule has 0 aliphatic carbocycles. The Morgan fingerprint density at radius 1 is 1.00 bits per heavy atom. The van der Waals surface area contributed by atoms with Crippen molar-refractivity contribution in [2.75, 3.05) is 6.61 Å². The second-order valence-corrected chi connectivity index (χ2v) is 7.59. The van der Waals surface area contributed by atoms with E-state index in [1.807, 2.05) is 30.3 Å². The van der Waals surface area contributed by atoms with Crippen LogP contribution in [0.3, 0.4) is 0 Å². The van der Waals surface area contributed by atoms with E-state index < -0.39 is 42.0 Å². The molecule has 2 rings (SSSR count). The third-order valence-electron chi connectivity index (χ3n) is 4.92. The van der Waals surface area contributed by atoms with Crippen molar-refractivity contribution in [1.29, 1.82) is 0 Å². The van der Waals surface area contributed by atoms with E-state index in [0.717, 1.165) is 5.56 Å². The summed E-state index contributed by atoms with van der Waals surface area (Å²) in [6.45, 7) is 8.24. The number of amides is 3. The van der Waals surface area contributed by atoms with Gasteiger partial charge < -0.3 is 20.3 Å². The van der Waals surface area contributed by atoms with Gasteiger partial charge in [0, 0.05) is 5.92 Å². The minimum Gasteiger partial charge on any atom is -0.462 e. The first-order chi connectivity index (χ1) is 13.6. The quantitative estimate of drug-likeness (QED) is 0.694. The largest absolute Gasteiger partial charge is 0.462 e. The molecule has 8 heteroatoms. The summed E-state index contributed by atoms with van der Waals surface area (Å²) in [6.07, 6.45) is 0. The summed E-state index contributed by atoms with van der Waals surface area (Å²) in [5, 5.41) is 5.23. The smallest absolute Gasteiger partial charge is 0.328 e. The van der Waals surface area contributed by atoms with Crippen molar-refractivity contribution in [2.45, 2.75) is 58.8 Å². The second kappa shape index (κ2) is 9.54. The number of benzene rings is 1. The molecule has 0 bridgehead atoms. The van der Waals surface area contributed by atoms with Gasteiger partial charge in [-0.15, -0.1) is 0 Å². The first kappa shape index (κ1) is 22.4. The van der Waals surface area contributed by atoms with E-state index in [2.05, 4.69) is 10.6 Å². The number of ether oxygens (including phenoxy) is 1. The molecular weight excluding hydrogens is 374 g/mol. The Hall–Kier alpha value is -2.90. The van der Waals surface area contributed by atoms with E-state index in [1.165, 1.54) is 4.90 Å². The van der Waals surface area contributed by atoms with Crippen molar-refractivity contribution >= 4 is 23.7 Å². The standard InChI is InChI=1S/C21H29N3O5/c1-12(2)18(25)22-13(3)19(26)23-14(4)20(27)24-15(5)21(28)29-11-17(24)16-9-7-6-8-10-16/h6-10,12-15,17H,11H2,1-5H3,(H,22,25)(H,23,26)/t13-,14-,15-,17-/m0/s1. The highest BCUT2D eigenvalue weighted by Crippen LogP contribution is 2.28. The van der Waals surface area contributed by atoms with Crippen LogP contribution < -0.4 is 10.6 Å². The number of rotatable bonds is 6. The Morgan fingerprint density at radius 2 is 1.59 bits per heavy atom. The van der Waals surface area contributed by atoms with Gasteiger partial charge in [0.1, 0.15) is 24.7 Å². The van der Waals surface area contributed by atoms with Crippen LogP contribution in [0, 0.1) is 5.92 Å². The van der Waals surface area contributed by atoms with Gasteiger partial charge >= 0.3 is 5.97 Å². The fourth-order valence-corrected chi connectivity index (χ4v) is 3.09. The molecule has 8 nitrogen and oxygen atoms in total. The average molecular weight is 403 g/mol. The second-order valence-electron chi connectivity index (χ2n) is 7.59. The summed E-state index contributed by atoms with van der Waals surface area (Å²) in [6, 6.07) is 6.42. The molecule has 0 spiro atoms. The first-order valence-electron chi connectivity index (χ1n) is 9.78. The van der Waals surface area contributed by atoms with Crippen LogP contribution in [0.5, 0.6) is 0 Å². The van der Waals surface area contributed by atoms with Crippen LogP contribution in [0.1, 0.15) is 46.2 Å². The highest BCUT2D eigenvalue weighted by Gasteiger charge is 2.40. The van der Waals surface area contributed by atoms with Crippen LogP contribution in [0.15, 0.2) is 30.3 Å². The minimum absolute atomic E-state index is 0.0560. The van der Waals surface area contributed by atoms with Crippen molar-refractivity contribution in [3.8, 4) is 0 Å². The normalized spacial score (nSPS) is 21.2. The van der Waals surface area contributed by atoms with Crippen LogP contribution in [0.25, 0.3) is 0 Å². The van der Waals surface area contributed by atoms with Gasteiger partial charge in [-0.3, -0.25) is 14.4 Å². The van der Waals surface area contributed by atoms with Gasteiger partial charge in [-0.1, -0.05) is 44.2 Å². The number of esters is 1. The SMILES string of the molecule is CC(C)C(=O)N[C@@H](C)C(=O)N[C@@H](C)C(=O)N1[C@@H](C)C(=O)OC[C@H]1c1ccccc1. The Bertz CT molecular complexity index is 765. The number of cyclic esters (lactones) is 1. The van der Waals surface area contributed by atoms with E-state index in [1.54, 1.807) is 34.6 Å². The fourth-order valence-electron chi connectivity index (χ4n) is 3.09. The lowest BCUT2D eigenvalue weighted by atomic mass is 10.0. The van der Waals surface area contributed by atoms with Crippen LogP contribution in [0.4, 0.5) is 0 Å². The van der Waals surface area contributed by atoms with E-state index in [-0.39, 0.29) is 18.4 Å². The van der Waals surface area contributed by atoms with Gasteiger partial charge in [0.05, 0.1) is 6.04 Å². The van der Waals surface area contributed by atoms with Gasteiger partial charge in [0.2, 0.25) is 17.7 Å². The Balaban J connectivity index is 2.13. The average Bonchev–Trinajstić information content (AvgIpc) is 2.69. The molecule has 2 N–H and O–H groups in total. The zero-order chi connectivity index (χ0) is 21.7. The van der Waals surface area contributed by atoms with E-state index in [0.29, 0.717) is 0 Å². The van der Waals surface area contributed by atoms with Gasteiger partial charge in [-0.05, 0) is 26.3 Å². The summed E-state index contributed by atoms with van der Waals surface area (Å²) in [4.78, 5) is 50.9. The van der Waals surface area contributed by atoms with E-state index in [4.69, 9.17) is 4.74 Å². The minimum atomic E-state index is -0.875. The molecule has 0 radical (unpaired) electrons. The van der Waals surface area contributed by atoms with Crippen LogP contribution in [-0.2, 0) is 23.9 Å². The summed E-state index contributed by atoms with van der Waals surface area (Å²) in [5.41, 5.74) is 0.844. The van der Waals surface area contributed by atoms with Gasteiger partial charge in [0.25, 0.3) is 0 Å². The molecule has 29 heavy (non-hydrogen) atoms. The van der Waals surface area contributed by atoms with E-state index in [9.17, 15) is 19.2 Å². The molecule has 1 aliphatic heterocycles. The number of hydrogen-bond donors (Lipinski definition) is 2. The monoisotopic (exact) mass is 403 g/mol. The summed E-state index contributed by atoms with van der Waals surface area (Å²) in [5.74, 6) is -1.84. The summed E-state index contributed by atoms with van der Waals surface area (Å²) < 4.78 is 5.24. The van der Waals surface area contributed by atoms with Crippen molar-refractivity contribution < 1.29 is 23.9 Å². The number of nitrogens with zero attached hydrogens (tertiary/aromatic N) is 1. The Kier molecular flexibility index (Phi) is 7.36. The number of morpholine rings is 1. The molecule has 1 heterocycles. The fraction of sp³-hybridized carbons (Fsp3) is 0.524. The number of nitrogens with one attached hydrogen (secondary N) is 2. The third-order valence-corrected chi connectivity index (χ3v) is 4.92. The third kappa shape index (κ3) is 5.34. The van der Waals surface area contributed by atoms with E-state index >= 15 is 0 Å². The molecule has 0 unspecified atom stereocenters. The van der Waals surface area contributed by atoms with Gasteiger partial charge in [0.15, 0.2) is 0 Å². The molecule has 4 atom stereocenters. The summed E-state index contributed by atoms with van der Waals surface area (Å²) >= 11 is 0. The molecule has 1 saturated heterocycles. The van der Waals surface area contributed by atoms with Crippen LogP contribution >= 0.6 is 0 Å². The Morgan fingerprint density at radius 3 is 2.17 bits per heavy atom. The number of carbonyl (C=O) groups excluding carboxylic acids is 4. The molecule has 1 fully saturated rings. The molecule has 3 amide bonds. The van der Waals surface area contributed by atoms with Crippen molar-refractivity contribution in [1.82, 2.24) is 15.5 Å². The van der Waals surface area contributed by atoms with Crippen LogP contribution in [-0.4, -0.2) is 53.3 Å². The van der Waals surface area contributed by atoms with Crippen molar-refractivity contribution in [2.24, 2.45) is 5.92 Å². The Labute approximate surface area is 171 Å². The zero-order valence-electron chi connectivity index (χ0n) is 17.5. The molecule has 0 aromatic heterocycles. The number of carbonyl (C=O) groups is 4. The lowest BCUT2D eigenvalue weighted by molar-refractivity contribution is -0.169. The maximum atomic E-state index is 13.1. The summed E-state index contributed by atoms with van der Waals surface area (Å²) in [7, 11) is 0. The maximum Gasteiger partial charge on any atom is 0.328 e. The highest BCUT2D eigenvalue weighted by molar-refractivity contribution is 5.93. The maximum absolute atomic E-state index is 13.1.